The molecule has 4 heteroatoms. The van der Waals surface area contributed by atoms with Gasteiger partial charge >= 0.3 is 5.97 Å². The zero-order valence-electron chi connectivity index (χ0n) is 15.4. The van der Waals surface area contributed by atoms with Gasteiger partial charge in [0.05, 0.1) is 13.2 Å². The Kier molecular flexibility index (Phi) is 7.92. The number of benzene rings is 2. The van der Waals surface area contributed by atoms with E-state index in [-0.39, 0.29) is 0 Å². The minimum atomic E-state index is -0.417. The van der Waals surface area contributed by atoms with Gasteiger partial charge in [-0.25, -0.2) is 4.79 Å². The fourth-order valence-corrected chi connectivity index (χ4v) is 2.35. The lowest BCUT2D eigenvalue weighted by Crippen LogP contribution is -2.04. The van der Waals surface area contributed by atoms with E-state index in [2.05, 4.69) is 19.7 Å². The molecule has 0 saturated carbocycles. The van der Waals surface area contributed by atoms with Gasteiger partial charge in [-0.2, -0.15) is 0 Å². The number of rotatable bonds is 11. The quantitative estimate of drug-likeness (QED) is 0.243. The van der Waals surface area contributed by atoms with Crippen LogP contribution in [0.5, 0.6) is 11.5 Å². The summed E-state index contributed by atoms with van der Waals surface area (Å²) in [6.45, 7) is 11.6. The van der Waals surface area contributed by atoms with Gasteiger partial charge in [-0.1, -0.05) is 44.0 Å². The van der Waals surface area contributed by atoms with E-state index < -0.39 is 5.97 Å². The van der Waals surface area contributed by atoms with Crippen LogP contribution in [0.4, 0.5) is 0 Å². The van der Waals surface area contributed by atoms with Gasteiger partial charge in [-0.15, -0.1) is 0 Å². The fraction of sp³-hybridized carbons (Fsp3) is 0.174. The molecule has 0 heterocycles. The van der Waals surface area contributed by atoms with Crippen LogP contribution in [0.2, 0.25) is 0 Å². The van der Waals surface area contributed by atoms with E-state index in [0.717, 1.165) is 35.1 Å². The molecule has 0 spiro atoms. The fourth-order valence-electron chi connectivity index (χ4n) is 2.35. The topological polar surface area (TPSA) is 44.8 Å². The highest BCUT2D eigenvalue weighted by atomic mass is 16.5. The Morgan fingerprint density at radius 1 is 0.852 bits per heavy atom. The highest BCUT2D eigenvalue weighted by Gasteiger charge is 2.03. The lowest BCUT2D eigenvalue weighted by molar-refractivity contribution is -0.137. The van der Waals surface area contributed by atoms with Crippen molar-refractivity contribution in [3.63, 3.8) is 0 Å². The summed E-state index contributed by atoms with van der Waals surface area (Å²) in [7, 11) is 0. The molecule has 4 nitrogen and oxygen atoms in total. The van der Waals surface area contributed by atoms with Gasteiger partial charge in [0, 0.05) is 18.9 Å². The first-order chi connectivity index (χ1) is 13.1. The van der Waals surface area contributed by atoms with Crippen LogP contribution in [0.3, 0.4) is 0 Å². The maximum atomic E-state index is 11.1. The Morgan fingerprint density at radius 3 is 1.93 bits per heavy atom. The number of ether oxygens (including phenoxy) is 3. The molecule has 2 aromatic rings. The van der Waals surface area contributed by atoms with E-state index in [0.29, 0.717) is 25.4 Å². The Morgan fingerprint density at radius 2 is 1.41 bits per heavy atom. The van der Waals surface area contributed by atoms with Crippen molar-refractivity contribution in [1.29, 1.82) is 0 Å². The van der Waals surface area contributed by atoms with Crippen LogP contribution in [0, 0.1) is 0 Å². The molecule has 0 fully saturated rings. The molecular weight excluding hydrogens is 340 g/mol. The molecular formula is C23H24O4. The molecule has 0 aliphatic heterocycles. The molecule has 0 saturated heterocycles. The average molecular weight is 364 g/mol. The zero-order valence-corrected chi connectivity index (χ0v) is 15.4. The van der Waals surface area contributed by atoms with Gasteiger partial charge in [-0.3, -0.25) is 0 Å². The highest BCUT2D eigenvalue weighted by molar-refractivity contribution is 5.81. The second-order valence-corrected chi connectivity index (χ2v) is 5.79. The standard InChI is InChI=1S/C23H24O4/c1-4-18(3)25-14-12-19-8-6-10-21(16-19)27-22-11-7-9-20(17-22)13-15-26-23(24)5-2/h4-11,16-17H,1-3,12-15H2. The molecule has 0 atom stereocenters. The summed E-state index contributed by atoms with van der Waals surface area (Å²) < 4.78 is 16.4. The summed E-state index contributed by atoms with van der Waals surface area (Å²) in [4.78, 5) is 11.1. The van der Waals surface area contributed by atoms with Gasteiger partial charge in [-0.05, 0) is 41.5 Å². The van der Waals surface area contributed by atoms with E-state index in [1.807, 2.05) is 48.5 Å². The molecule has 2 rings (SSSR count). The van der Waals surface area contributed by atoms with Crippen LogP contribution >= 0.6 is 0 Å². The first-order valence-corrected chi connectivity index (χ1v) is 8.70. The largest absolute Gasteiger partial charge is 0.494 e. The Balaban J connectivity index is 1.92. The maximum absolute atomic E-state index is 11.1. The minimum absolute atomic E-state index is 0.305. The Labute approximate surface area is 160 Å². The zero-order chi connectivity index (χ0) is 19.5. The summed E-state index contributed by atoms with van der Waals surface area (Å²) in [5.41, 5.74) is 2.13. The number of carbonyl (C=O) groups is 1. The maximum Gasteiger partial charge on any atom is 0.330 e. The first kappa shape index (κ1) is 20.0. The Bertz CT molecular complexity index is 740. The summed E-state index contributed by atoms with van der Waals surface area (Å²) >= 11 is 0. The van der Waals surface area contributed by atoms with Crippen molar-refractivity contribution in [3.05, 3.63) is 97.3 Å². The number of esters is 1. The van der Waals surface area contributed by atoms with Crippen LogP contribution in [0.25, 0.3) is 0 Å². The SMILES string of the molecule is C=CC(=C)OCCc1cccc(Oc2cccc(CCOC(=O)C=C)c2)c1. The average Bonchev–Trinajstić information content (AvgIpc) is 2.68. The second kappa shape index (κ2) is 10.7. The van der Waals surface area contributed by atoms with Crippen LogP contribution in [0.15, 0.2) is 86.2 Å². The normalized spacial score (nSPS) is 9.93. The van der Waals surface area contributed by atoms with Crippen molar-refractivity contribution in [2.75, 3.05) is 13.2 Å². The number of allylic oxidation sites excluding steroid dienone is 1. The molecule has 0 N–H and O–H groups in total. The van der Waals surface area contributed by atoms with Crippen LogP contribution in [0.1, 0.15) is 11.1 Å². The van der Waals surface area contributed by atoms with E-state index in [9.17, 15) is 4.79 Å². The third-order valence-corrected chi connectivity index (χ3v) is 3.74. The number of hydrogen-bond donors (Lipinski definition) is 0. The molecule has 27 heavy (non-hydrogen) atoms. The van der Waals surface area contributed by atoms with Gasteiger partial charge in [0.25, 0.3) is 0 Å². The third-order valence-electron chi connectivity index (χ3n) is 3.74. The lowest BCUT2D eigenvalue weighted by atomic mass is 10.1. The van der Waals surface area contributed by atoms with Crippen molar-refractivity contribution in [2.45, 2.75) is 12.8 Å². The van der Waals surface area contributed by atoms with E-state index in [4.69, 9.17) is 14.2 Å². The van der Waals surface area contributed by atoms with Crippen LogP contribution in [-0.2, 0) is 27.1 Å². The monoisotopic (exact) mass is 364 g/mol. The molecule has 0 aliphatic carbocycles. The van der Waals surface area contributed by atoms with Gasteiger partial charge in [0.1, 0.15) is 17.3 Å². The van der Waals surface area contributed by atoms with Crippen LogP contribution < -0.4 is 4.74 Å². The van der Waals surface area contributed by atoms with Gasteiger partial charge < -0.3 is 14.2 Å². The summed E-state index contributed by atoms with van der Waals surface area (Å²) in [6, 6.07) is 15.6. The molecule has 140 valence electrons. The Hall–Kier alpha value is -3.27. The van der Waals surface area contributed by atoms with Crippen molar-refractivity contribution in [3.8, 4) is 11.5 Å². The molecule has 0 aliphatic rings. The molecule has 0 bridgehead atoms. The van der Waals surface area contributed by atoms with Crippen molar-refractivity contribution >= 4 is 5.97 Å². The molecule has 2 aromatic carbocycles. The predicted octanol–water partition coefficient (Wildman–Crippen LogP) is 5.01. The highest BCUT2D eigenvalue weighted by Crippen LogP contribution is 2.23. The van der Waals surface area contributed by atoms with Crippen molar-refractivity contribution in [1.82, 2.24) is 0 Å². The van der Waals surface area contributed by atoms with E-state index in [1.165, 1.54) is 0 Å². The van der Waals surface area contributed by atoms with E-state index >= 15 is 0 Å². The van der Waals surface area contributed by atoms with Gasteiger partial charge in [0.2, 0.25) is 0 Å². The number of carbonyl (C=O) groups excluding carboxylic acids is 1. The molecule has 0 radical (unpaired) electrons. The summed E-state index contributed by atoms with van der Waals surface area (Å²) in [5, 5.41) is 0. The first-order valence-electron chi connectivity index (χ1n) is 8.70. The van der Waals surface area contributed by atoms with E-state index in [1.54, 1.807) is 6.08 Å². The summed E-state index contributed by atoms with van der Waals surface area (Å²) in [5.74, 6) is 1.64. The second-order valence-electron chi connectivity index (χ2n) is 5.79. The van der Waals surface area contributed by atoms with Gasteiger partial charge in [0.15, 0.2) is 0 Å². The lowest BCUT2D eigenvalue weighted by Gasteiger charge is -2.10. The van der Waals surface area contributed by atoms with Crippen molar-refractivity contribution in [2.24, 2.45) is 0 Å². The molecule has 0 unspecified atom stereocenters. The number of hydrogen-bond acceptors (Lipinski definition) is 4. The minimum Gasteiger partial charge on any atom is -0.494 e. The predicted molar refractivity (Wildman–Crippen MR) is 107 cm³/mol. The summed E-state index contributed by atoms with van der Waals surface area (Å²) in [6.07, 6.45) is 4.11. The molecule has 0 aromatic heterocycles. The van der Waals surface area contributed by atoms with Crippen molar-refractivity contribution < 1.29 is 19.0 Å². The molecule has 0 amide bonds. The van der Waals surface area contributed by atoms with Crippen LogP contribution in [-0.4, -0.2) is 19.2 Å². The smallest absolute Gasteiger partial charge is 0.330 e. The third kappa shape index (κ3) is 7.24.